The summed E-state index contributed by atoms with van der Waals surface area (Å²) >= 11 is 0. The summed E-state index contributed by atoms with van der Waals surface area (Å²) in [5.74, 6) is -0.559. The van der Waals surface area contributed by atoms with E-state index in [9.17, 15) is 14.7 Å². The molecule has 0 spiro atoms. The first-order valence-corrected chi connectivity index (χ1v) is 6.50. The van der Waals surface area contributed by atoms with Crippen LogP contribution < -0.4 is 0 Å². The number of rotatable bonds is 6. The standard InChI is InChI=1S/C13H23NO4/c1-9(13(17)18-3)7-14(8-10(2)15)12(16)11-5-4-6-11/h9-11,15H,4-8H2,1-3H3. The first kappa shape index (κ1) is 15.0. The Bertz CT molecular complexity index is 299. The van der Waals surface area contributed by atoms with Crippen LogP contribution in [-0.2, 0) is 14.3 Å². The Morgan fingerprint density at radius 2 is 1.94 bits per heavy atom. The van der Waals surface area contributed by atoms with Gasteiger partial charge in [0.2, 0.25) is 5.91 Å². The summed E-state index contributed by atoms with van der Waals surface area (Å²) < 4.78 is 4.66. The highest BCUT2D eigenvalue weighted by Crippen LogP contribution is 2.28. The molecule has 0 aromatic rings. The van der Waals surface area contributed by atoms with Crippen LogP contribution in [0, 0.1) is 11.8 Å². The van der Waals surface area contributed by atoms with Crippen LogP contribution in [0.4, 0.5) is 0 Å². The molecule has 104 valence electrons. The van der Waals surface area contributed by atoms with Gasteiger partial charge in [0, 0.05) is 19.0 Å². The minimum atomic E-state index is -0.584. The summed E-state index contributed by atoms with van der Waals surface area (Å²) in [7, 11) is 1.34. The van der Waals surface area contributed by atoms with E-state index in [1.54, 1.807) is 18.7 Å². The van der Waals surface area contributed by atoms with Crippen LogP contribution in [-0.4, -0.2) is 48.2 Å². The third-order valence-electron chi connectivity index (χ3n) is 3.35. The van der Waals surface area contributed by atoms with Crippen molar-refractivity contribution < 1.29 is 19.4 Å². The summed E-state index contributed by atoms with van der Waals surface area (Å²) in [5, 5.41) is 9.44. The van der Waals surface area contributed by atoms with E-state index in [2.05, 4.69) is 4.74 Å². The summed E-state index contributed by atoms with van der Waals surface area (Å²) in [6.45, 7) is 3.96. The topological polar surface area (TPSA) is 66.8 Å². The number of hydrogen-bond acceptors (Lipinski definition) is 4. The molecule has 0 aliphatic heterocycles. The fraction of sp³-hybridized carbons (Fsp3) is 0.846. The van der Waals surface area contributed by atoms with Gasteiger partial charge in [-0.25, -0.2) is 0 Å². The zero-order valence-corrected chi connectivity index (χ0v) is 11.4. The molecule has 0 aromatic carbocycles. The maximum Gasteiger partial charge on any atom is 0.310 e. The van der Waals surface area contributed by atoms with Crippen LogP contribution >= 0.6 is 0 Å². The monoisotopic (exact) mass is 257 g/mol. The lowest BCUT2D eigenvalue weighted by molar-refractivity contribution is -0.148. The predicted molar refractivity (Wildman–Crippen MR) is 66.8 cm³/mol. The summed E-state index contributed by atoms with van der Waals surface area (Å²) in [5.41, 5.74) is 0. The lowest BCUT2D eigenvalue weighted by atomic mass is 9.84. The van der Waals surface area contributed by atoms with Gasteiger partial charge in [0.25, 0.3) is 0 Å². The number of aliphatic hydroxyl groups is 1. The van der Waals surface area contributed by atoms with Crippen molar-refractivity contribution in [2.45, 2.75) is 39.2 Å². The van der Waals surface area contributed by atoms with Gasteiger partial charge < -0.3 is 14.7 Å². The summed E-state index contributed by atoms with van der Waals surface area (Å²) in [4.78, 5) is 25.1. The van der Waals surface area contributed by atoms with Gasteiger partial charge in [-0.1, -0.05) is 13.3 Å². The van der Waals surface area contributed by atoms with Gasteiger partial charge in [-0.2, -0.15) is 0 Å². The largest absolute Gasteiger partial charge is 0.469 e. The van der Waals surface area contributed by atoms with Crippen molar-refractivity contribution >= 4 is 11.9 Å². The van der Waals surface area contributed by atoms with Crippen molar-refractivity contribution in [2.75, 3.05) is 20.2 Å². The van der Waals surface area contributed by atoms with E-state index in [-0.39, 0.29) is 30.3 Å². The molecule has 0 radical (unpaired) electrons. The van der Waals surface area contributed by atoms with Crippen molar-refractivity contribution in [3.05, 3.63) is 0 Å². The van der Waals surface area contributed by atoms with E-state index in [4.69, 9.17) is 0 Å². The van der Waals surface area contributed by atoms with E-state index in [1.807, 2.05) is 0 Å². The smallest absolute Gasteiger partial charge is 0.310 e. The second-order valence-corrected chi connectivity index (χ2v) is 5.14. The van der Waals surface area contributed by atoms with E-state index in [1.165, 1.54) is 7.11 Å². The number of hydrogen-bond donors (Lipinski definition) is 1. The highest BCUT2D eigenvalue weighted by molar-refractivity contribution is 5.80. The minimum absolute atomic E-state index is 0.0536. The summed E-state index contributed by atoms with van der Waals surface area (Å²) in [6.07, 6.45) is 2.34. The molecule has 18 heavy (non-hydrogen) atoms. The van der Waals surface area contributed by atoms with Gasteiger partial charge in [0.1, 0.15) is 0 Å². The Kier molecular flexibility index (Phi) is 5.59. The van der Waals surface area contributed by atoms with E-state index in [0.717, 1.165) is 19.3 Å². The summed E-state index contributed by atoms with van der Waals surface area (Å²) in [6, 6.07) is 0. The van der Waals surface area contributed by atoms with Gasteiger partial charge in [-0.05, 0) is 19.8 Å². The molecular weight excluding hydrogens is 234 g/mol. The second kappa shape index (κ2) is 6.73. The van der Waals surface area contributed by atoms with Crippen LogP contribution in [0.15, 0.2) is 0 Å². The first-order chi connectivity index (χ1) is 8.45. The zero-order chi connectivity index (χ0) is 13.7. The normalized spacial score (nSPS) is 18.7. The van der Waals surface area contributed by atoms with Gasteiger partial charge in [0.15, 0.2) is 0 Å². The number of carbonyl (C=O) groups excluding carboxylic acids is 2. The van der Waals surface area contributed by atoms with Crippen LogP contribution in [0.25, 0.3) is 0 Å². The molecule has 2 atom stereocenters. The molecule has 1 amide bonds. The van der Waals surface area contributed by atoms with Crippen molar-refractivity contribution in [1.82, 2.24) is 4.90 Å². The second-order valence-electron chi connectivity index (χ2n) is 5.14. The molecule has 2 unspecified atom stereocenters. The van der Waals surface area contributed by atoms with Crippen LogP contribution in [0.5, 0.6) is 0 Å². The number of aliphatic hydroxyl groups excluding tert-OH is 1. The van der Waals surface area contributed by atoms with Gasteiger partial charge in [-0.15, -0.1) is 0 Å². The van der Waals surface area contributed by atoms with Crippen molar-refractivity contribution in [3.8, 4) is 0 Å². The van der Waals surface area contributed by atoms with E-state index < -0.39 is 6.10 Å². The third kappa shape index (κ3) is 3.98. The number of nitrogens with zero attached hydrogens (tertiary/aromatic N) is 1. The number of esters is 1. The molecule has 1 rings (SSSR count). The van der Waals surface area contributed by atoms with Crippen molar-refractivity contribution in [1.29, 1.82) is 0 Å². The molecule has 5 nitrogen and oxygen atoms in total. The molecule has 0 bridgehead atoms. The maximum absolute atomic E-state index is 12.2. The first-order valence-electron chi connectivity index (χ1n) is 6.50. The quantitative estimate of drug-likeness (QED) is 0.715. The van der Waals surface area contributed by atoms with Crippen LogP contribution in [0.2, 0.25) is 0 Å². The molecule has 1 aliphatic rings. The fourth-order valence-corrected chi connectivity index (χ4v) is 2.09. The van der Waals surface area contributed by atoms with Crippen LogP contribution in [0.3, 0.4) is 0 Å². The Labute approximate surface area is 108 Å². The van der Waals surface area contributed by atoms with E-state index >= 15 is 0 Å². The van der Waals surface area contributed by atoms with Crippen LogP contribution in [0.1, 0.15) is 33.1 Å². The maximum atomic E-state index is 12.2. The Morgan fingerprint density at radius 1 is 1.33 bits per heavy atom. The Balaban J connectivity index is 2.59. The Hall–Kier alpha value is -1.10. The highest BCUT2D eigenvalue weighted by atomic mass is 16.5. The molecule has 5 heteroatoms. The van der Waals surface area contributed by atoms with Gasteiger partial charge >= 0.3 is 5.97 Å². The number of carbonyl (C=O) groups is 2. The zero-order valence-electron chi connectivity index (χ0n) is 11.4. The average Bonchev–Trinajstić information content (AvgIpc) is 2.23. The molecule has 1 fully saturated rings. The predicted octanol–water partition coefficient (Wildman–Crippen LogP) is 0.805. The number of methoxy groups -OCH3 is 1. The molecule has 0 aromatic heterocycles. The van der Waals surface area contributed by atoms with E-state index in [0.29, 0.717) is 6.54 Å². The lowest BCUT2D eigenvalue weighted by Crippen LogP contribution is -2.45. The van der Waals surface area contributed by atoms with Crippen molar-refractivity contribution in [2.24, 2.45) is 11.8 Å². The fourth-order valence-electron chi connectivity index (χ4n) is 2.09. The number of amides is 1. The SMILES string of the molecule is COC(=O)C(C)CN(CC(C)O)C(=O)C1CCC1. The number of ether oxygens (including phenoxy) is 1. The molecule has 1 aliphatic carbocycles. The highest BCUT2D eigenvalue weighted by Gasteiger charge is 2.31. The average molecular weight is 257 g/mol. The molecule has 0 heterocycles. The third-order valence-corrected chi connectivity index (χ3v) is 3.35. The van der Waals surface area contributed by atoms with Crippen molar-refractivity contribution in [3.63, 3.8) is 0 Å². The molecule has 0 saturated heterocycles. The van der Waals surface area contributed by atoms with Gasteiger partial charge in [0.05, 0.1) is 19.1 Å². The lowest BCUT2D eigenvalue weighted by Gasteiger charge is -2.33. The molecule has 1 saturated carbocycles. The minimum Gasteiger partial charge on any atom is -0.469 e. The Morgan fingerprint density at radius 3 is 2.33 bits per heavy atom. The molecule has 1 N–H and O–H groups in total. The molecular formula is C13H23NO4. The van der Waals surface area contributed by atoms with Gasteiger partial charge in [-0.3, -0.25) is 9.59 Å².